The van der Waals surface area contributed by atoms with E-state index < -0.39 is 0 Å². The van der Waals surface area contributed by atoms with E-state index in [1.165, 1.54) is 5.56 Å². The summed E-state index contributed by atoms with van der Waals surface area (Å²) in [4.78, 5) is 2.23. The van der Waals surface area contributed by atoms with Crippen molar-refractivity contribution >= 4 is 5.82 Å². The highest BCUT2D eigenvalue weighted by atomic mass is 16.5. The first-order chi connectivity index (χ1) is 8.81. The van der Waals surface area contributed by atoms with E-state index in [0.717, 1.165) is 56.2 Å². The summed E-state index contributed by atoms with van der Waals surface area (Å²) < 4.78 is 5.38. The number of ether oxygens (including phenoxy) is 1. The van der Waals surface area contributed by atoms with Crippen molar-refractivity contribution in [1.82, 2.24) is 10.2 Å². The van der Waals surface area contributed by atoms with Crippen molar-refractivity contribution in [1.29, 1.82) is 0 Å². The third-order valence-electron chi connectivity index (χ3n) is 3.45. The van der Waals surface area contributed by atoms with Crippen LogP contribution in [0.25, 0.3) is 0 Å². The van der Waals surface area contributed by atoms with Crippen molar-refractivity contribution in [3.63, 3.8) is 0 Å². The van der Waals surface area contributed by atoms with Crippen LogP contribution < -0.4 is 10.6 Å². The highest BCUT2D eigenvalue weighted by Crippen LogP contribution is 2.24. The molecule has 5 nitrogen and oxygen atoms in total. The molecule has 5 heteroatoms. The lowest BCUT2D eigenvalue weighted by Gasteiger charge is -2.30. The molecule has 18 heavy (non-hydrogen) atoms. The van der Waals surface area contributed by atoms with Gasteiger partial charge in [0, 0.05) is 25.2 Å². The van der Waals surface area contributed by atoms with E-state index in [9.17, 15) is 0 Å². The van der Waals surface area contributed by atoms with Gasteiger partial charge in [0.2, 0.25) is 0 Å². The highest BCUT2D eigenvalue weighted by molar-refractivity contribution is 5.51. The molecule has 0 amide bonds. The van der Waals surface area contributed by atoms with Crippen molar-refractivity contribution in [2.45, 2.75) is 33.2 Å². The summed E-state index contributed by atoms with van der Waals surface area (Å²) in [6.07, 6.45) is 1.87. The quantitative estimate of drug-likeness (QED) is 0.860. The summed E-state index contributed by atoms with van der Waals surface area (Å²) in [6.45, 7) is 8.03. The molecule has 0 aliphatic carbocycles. The minimum absolute atomic E-state index is 0.526. The number of rotatable bonds is 4. The molecule has 0 radical (unpaired) electrons. The summed E-state index contributed by atoms with van der Waals surface area (Å²) in [6, 6.07) is 0. The molecule has 2 rings (SSSR count). The molecule has 0 unspecified atom stereocenters. The van der Waals surface area contributed by atoms with Gasteiger partial charge in [-0.25, -0.2) is 0 Å². The second kappa shape index (κ2) is 6.11. The van der Waals surface area contributed by atoms with E-state index in [0.29, 0.717) is 6.54 Å². The van der Waals surface area contributed by atoms with Gasteiger partial charge in [-0.15, -0.1) is 5.10 Å². The van der Waals surface area contributed by atoms with Crippen LogP contribution in [0.1, 0.15) is 30.7 Å². The number of morpholine rings is 1. The molecule has 0 saturated carbocycles. The van der Waals surface area contributed by atoms with E-state index in [2.05, 4.69) is 28.9 Å². The molecular weight excluding hydrogens is 228 g/mol. The maximum Gasteiger partial charge on any atom is 0.156 e. The van der Waals surface area contributed by atoms with Gasteiger partial charge in [-0.2, -0.15) is 5.10 Å². The lowest BCUT2D eigenvalue weighted by atomic mass is 10.0. The first-order valence-electron chi connectivity index (χ1n) is 6.71. The summed E-state index contributed by atoms with van der Waals surface area (Å²) in [5, 5.41) is 8.76. The molecule has 1 aromatic heterocycles. The lowest BCUT2D eigenvalue weighted by Crippen LogP contribution is -2.38. The van der Waals surface area contributed by atoms with Crippen LogP contribution in [0.15, 0.2) is 0 Å². The van der Waals surface area contributed by atoms with Crippen LogP contribution in [0.3, 0.4) is 0 Å². The molecule has 1 aliphatic heterocycles. The molecule has 0 aromatic carbocycles. The van der Waals surface area contributed by atoms with Crippen molar-refractivity contribution in [3.8, 4) is 0 Å². The van der Waals surface area contributed by atoms with E-state index >= 15 is 0 Å². The SMILES string of the molecule is CCc1nnc(N2CCOCC2)c(CN)c1CC. The van der Waals surface area contributed by atoms with Crippen molar-refractivity contribution in [2.75, 3.05) is 31.2 Å². The fourth-order valence-electron chi connectivity index (χ4n) is 2.48. The number of aryl methyl sites for hydroxylation is 1. The zero-order valence-electron chi connectivity index (χ0n) is 11.3. The van der Waals surface area contributed by atoms with E-state index in [-0.39, 0.29) is 0 Å². The zero-order valence-corrected chi connectivity index (χ0v) is 11.3. The van der Waals surface area contributed by atoms with Gasteiger partial charge >= 0.3 is 0 Å². The molecule has 1 aliphatic rings. The normalized spacial score (nSPS) is 16.1. The molecular formula is C13H22N4O. The van der Waals surface area contributed by atoms with E-state index in [1.54, 1.807) is 0 Å². The second-order valence-electron chi connectivity index (χ2n) is 4.44. The van der Waals surface area contributed by atoms with Crippen molar-refractivity contribution < 1.29 is 4.74 Å². The van der Waals surface area contributed by atoms with Crippen LogP contribution >= 0.6 is 0 Å². The largest absolute Gasteiger partial charge is 0.378 e. The van der Waals surface area contributed by atoms with Crippen LogP contribution in [-0.2, 0) is 24.1 Å². The fourth-order valence-corrected chi connectivity index (χ4v) is 2.48. The molecule has 2 N–H and O–H groups in total. The number of nitrogens with zero attached hydrogens (tertiary/aromatic N) is 3. The Kier molecular flexibility index (Phi) is 4.49. The Hall–Kier alpha value is -1.20. The number of aromatic nitrogens is 2. The predicted molar refractivity (Wildman–Crippen MR) is 71.7 cm³/mol. The molecule has 0 spiro atoms. The number of anilines is 1. The van der Waals surface area contributed by atoms with Gasteiger partial charge in [0.25, 0.3) is 0 Å². The number of nitrogens with two attached hydrogens (primary N) is 1. The first kappa shape index (κ1) is 13.2. The molecule has 1 aromatic rings. The van der Waals surface area contributed by atoms with Gasteiger partial charge in [0.15, 0.2) is 5.82 Å². The van der Waals surface area contributed by atoms with Gasteiger partial charge < -0.3 is 15.4 Å². The van der Waals surface area contributed by atoms with Gasteiger partial charge in [0.1, 0.15) is 0 Å². The second-order valence-corrected chi connectivity index (χ2v) is 4.44. The fraction of sp³-hybridized carbons (Fsp3) is 0.692. The summed E-state index contributed by atoms with van der Waals surface area (Å²) >= 11 is 0. The summed E-state index contributed by atoms with van der Waals surface area (Å²) in [7, 11) is 0. The Bertz CT molecular complexity index is 402. The van der Waals surface area contributed by atoms with Crippen molar-refractivity contribution in [3.05, 3.63) is 16.8 Å². The third kappa shape index (κ3) is 2.47. The van der Waals surface area contributed by atoms with Gasteiger partial charge in [-0.05, 0) is 18.4 Å². The summed E-state index contributed by atoms with van der Waals surface area (Å²) in [5.41, 5.74) is 9.44. The number of hydrogen-bond donors (Lipinski definition) is 1. The van der Waals surface area contributed by atoms with Crippen LogP contribution in [0.2, 0.25) is 0 Å². The molecule has 100 valence electrons. The monoisotopic (exact) mass is 250 g/mol. The van der Waals surface area contributed by atoms with Crippen LogP contribution in [-0.4, -0.2) is 36.5 Å². The number of hydrogen-bond acceptors (Lipinski definition) is 5. The molecule has 2 heterocycles. The van der Waals surface area contributed by atoms with Crippen LogP contribution in [0.4, 0.5) is 5.82 Å². The van der Waals surface area contributed by atoms with Gasteiger partial charge in [0.05, 0.1) is 18.9 Å². The lowest BCUT2D eigenvalue weighted by molar-refractivity contribution is 0.122. The molecule has 0 bridgehead atoms. The van der Waals surface area contributed by atoms with E-state index in [4.69, 9.17) is 10.5 Å². The topological polar surface area (TPSA) is 64.3 Å². The highest BCUT2D eigenvalue weighted by Gasteiger charge is 2.20. The van der Waals surface area contributed by atoms with Crippen LogP contribution in [0.5, 0.6) is 0 Å². The standard InChI is InChI=1S/C13H22N4O/c1-3-10-11(9-14)13(16-15-12(10)4-2)17-5-7-18-8-6-17/h3-9,14H2,1-2H3. The average Bonchev–Trinajstić information content (AvgIpc) is 2.46. The predicted octanol–water partition coefficient (Wildman–Crippen LogP) is 0.897. The Balaban J connectivity index is 2.40. The third-order valence-corrected chi connectivity index (χ3v) is 3.45. The Morgan fingerprint density at radius 3 is 2.39 bits per heavy atom. The minimum Gasteiger partial charge on any atom is -0.378 e. The molecule has 1 fully saturated rings. The Labute approximate surface area is 108 Å². The minimum atomic E-state index is 0.526. The van der Waals surface area contributed by atoms with Gasteiger partial charge in [-0.1, -0.05) is 13.8 Å². The maximum absolute atomic E-state index is 5.93. The Morgan fingerprint density at radius 2 is 1.83 bits per heavy atom. The Morgan fingerprint density at radius 1 is 1.11 bits per heavy atom. The average molecular weight is 250 g/mol. The van der Waals surface area contributed by atoms with Crippen molar-refractivity contribution in [2.24, 2.45) is 5.73 Å². The van der Waals surface area contributed by atoms with Gasteiger partial charge in [-0.3, -0.25) is 0 Å². The molecule has 0 atom stereocenters. The summed E-state index contributed by atoms with van der Waals surface area (Å²) in [5.74, 6) is 0.954. The maximum atomic E-state index is 5.93. The smallest absolute Gasteiger partial charge is 0.156 e. The zero-order chi connectivity index (χ0) is 13.0. The van der Waals surface area contributed by atoms with Crippen LogP contribution in [0, 0.1) is 0 Å². The first-order valence-corrected chi connectivity index (χ1v) is 6.71. The molecule has 1 saturated heterocycles. The van der Waals surface area contributed by atoms with E-state index in [1.807, 2.05) is 0 Å².